The first-order valence-corrected chi connectivity index (χ1v) is 3.30. The Bertz CT molecular complexity index is 276. The molecule has 15 heavy (non-hydrogen) atoms. The molecule has 0 heterocycles. The summed E-state index contributed by atoms with van der Waals surface area (Å²) in [5, 5.41) is 42.6. The summed E-state index contributed by atoms with van der Waals surface area (Å²) in [6.07, 6.45) is -4.11. The maximum atomic E-state index is 10.4. The van der Waals surface area contributed by atoms with Gasteiger partial charge in [0.05, 0.1) is 6.42 Å². The van der Waals surface area contributed by atoms with Gasteiger partial charge in [-0.3, -0.25) is 4.79 Å². The first kappa shape index (κ1) is 16.5. The molecule has 0 bridgehead atoms. The van der Waals surface area contributed by atoms with Crippen LogP contribution in [0.4, 0.5) is 0 Å². The van der Waals surface area contributed by atoms with Gasteiger partial charge < -0.3 is 25.5 Å². The highest BCUT2D eigenvalue weighted by molar-refractivity contribution is 5.90. The van der Waals surface area contributed by atoms with Gasteiger partial charge in [0.2, 0.25) is 5.60 Å². The zero-order valence-electron chi connectivity index (χ0n) is 7.45. The Morgan fingerprint density at radius 2 is 1.53 bits per heavy atom. The lowest BCUT2D eigenvalue weighted by atomic mass is 9.93. The summed E-state index contributed by atoms with van der Waals surface area (Å²) < 4.78 is 0. The lowest BCUT2D eigenvalue weighted by Crippen LogP contribution is -2.54. The third-order valence-electron chi connectivity index (χ3n) is 1.48. The molecule has 0 aliphatic heterocycles. The van der Waals surface area contributed by atoms with E-state index in [2.05, 4.69) is 0 Å². The van der Waals surface area contributed by atoms with Crippen LogP contribution in [0.15, 0.2) is 0 Å². The van der Waals surface area contributed by atoms with E-state index >= 15 is 0 Å². The molecule has 0 aromatic heterocycles. The number of aliphatic hydroxyl groups excluding tert-OH is 1. The van der Waals surface area contributed by atoms with Gasteiger partial charge in [-0.25, -0.2) is 9.59 Å². The molecule has 0 amide bonds. The van der Waals surface area contributed by atoms with Crippen molar-refractivity contribution in [2.24, 2.45) is 0 Å². The van der Waals surface area contributed by atoms with Crippen LogP contribution in [0.3, 0.4) is 0 Å². The molecule has 0 aromatic rings. The van der Waals surface area contributed by atoms with E-state index in [-0.39, 0.29) is 23.1 Å². The van der Waals surface area contributed by atoms with Crippen molar-refractivity contribution in [1.82, 2.24) is 0 Å². The van der Waals surface area contributed by atoms with Crippen molar-refractivity contribution in [3.8, 4) is 0 Å². The molecule has 0 spiro atoms. The summed E-state index contributed by atoms with van der Waals surface area (Å²) in [7, 11) is 0. The zero-order valence-corrected chi connectivity index (χ0v) is 8.87. The quantitative estimate of drug-likeness (QED) is 0.322. The Morgan fingerprint density at radius 3 is 1.73 bits per heavy atom. The Labute approximate surface area is 99.3 Å². The Kier molecular flexibility index (Phi) is 6.45. The van der Waals surface area contributed by atoms with E-state index in [0.717, 1.165) is 0 Å². The maximum Gasteiger partial charge on any atom is 0.339 e. The normalized spacial score (nSPS) is 15.6. The molecule has 0 aliphatic rings. The second-order valence-corrected chi connectivity index (χ2v) is 2.54. The SMILES string of the molecule is O=C(O)CC(O)(C(=O)O)C(O)C(=O)O.[Mg]. The summed E-state index contributed by atoms with van der Waals surface area (Å²) in [6.45, 7) is 0. The molecule has 0 saturated carbocycles. The minimum absolute atomic E-state index is 0. The minimum Gasteiger partial charge on any atom is -0.481 e. The molecule has 5 N–H and O–H groups in total. The average Bonchev–Trinajstić information content (AvgIpc) is 2.00. The highest BCUT2D eigenvalue weighted by Gasteiger charge is 2.49. The van der Waals surface area contributed by atoms with Gasteiger partial charge in [-0.15, -0.1) is 0 Å². The van der Waals surface area contributed by atoms with Crippen LogP contribution < -0.4 is 0 Å². The second kappa shape index (κ2) is 5.85. The highest BCUT2D eigenvalue weighted by Crippen LogP contribution is 2.16. The van der Waals surface area contributed by atoms with Crippen molar-refractivity contribution in [1.29, 1.82) is 0 Å². The number of carbonyl (C=O) groups is 3. The van der Waals surface area contributed by atoms with Crippen LogP contribution in [-0.2, 0) is 14.4 Å². The third-order valence-corrected chi connectivity index (χ3v) is 1.48. The van der Waals surface area contributed by atoms with Gasteiger partial charge in [0.15, 0.2) is 6.10 Å². The topological polar surface area (TPSA) is 152 Å². The van der Waals surface area contributed by atoms with Crippen LogP contribution in [0, 0.1) is 0 Å². The van der Waals surface area contributed by atoms with E-state index in [1.165, 1.54) is 0 Å². The standard InChI is InChI=1S/C6H8O8.Mg/c7-2(8)1-6(14,5(12)13)3(9)4(10)11;/h3,9,14H,1H2,(H,7,8)(H,10,11)(H,12,13);. The van der Waals surface area contributed by atoms with E-state index in [9.17, 15) is 14.4 Å². The van der Waals surface area contributed by atoms with Crippen LogP contribution in [0.1, 0.15) is 6.42 Å². The van der Waals surface area contributed by atoms with Crippen molar-refractivity contribution < 1.29 is 39.9 Å². The number of rotatable bonds is 5. The molecule has 2 unspecified atom stereocenters. The van der Waals surface area contributed by atoms with E-state index in [1.54, 1.807) is 0 Å². The van der Waals surface area contributed by atoms with Gasteiger partial charge in [-0.05, 0) is 0 Å². The van der Waals surface area contributed by atoms with E-state index < -0.39 is 36.0 Å². The fraction of sp³-hybridized carbons (Fsp3) is 0.500. The molecule has 0 aromatic carbocycles. The monoisotopic (exact) mass is 232 g/mol. The fourth-order valence-electron chi connectivity index (χ4n) is 0.724. The second-order valence-electron chi connectivity index (χ2n) is 2.54. The number of carboxylic acids is 3. The van der Waals surface area contributed by atoms with Gasteiger partial charge >= 0.3 is 17.9 Å². The lowest BCUT2D eigenvalue weighted by molar-refractivity contribution is -0.187. The zero-order chi connectivity index (χ0) is 11.5. The van der Waals surface area contributed by atoms with Crippen LogP contribution in [0.5, 0.6) is 0 Å². The number of hydrogen-bond donors (Lipinski definition) is 5. The number of carboxylic acid groups (broad SMARTS) is 3. The van der Waals surface area contributed by atoms with E-state index in [0.29, 0.717) is 0 Å². The molecule has 82 valence electrons. The lowest BCUT2D eigenvalue weighted by Gasteiger charge is -2.23. The number of aliphatic hydroxyl groups is 2. The molecular formula is C6H8MgO8. The summed E-state index contributed by atoms with van der Waals surface area (Å²) in [6, 6.07) is 0. The largest absolute Gasteiger partial charge is 0.481 e. The van der Waals surface area contributed by atoms with Crippen LogP contribution in [-0.4, -0.2) is 78.2 Å². The molecule has 0 fully saturated rings. The average molecular weight is 232 g/mol. The first-order valence-electron chi connectivity index (χ1n) is 3.30. The molecule has 0 aliphatic carbocycles. The maximum absolute atomic E-state index is 10.4. The smallest absolute Gasteiger partial charge is 0.339 e. The van der Waals surface area contributed by atoms with Gasteiger partial charge in [0.1, 0.15) is 0 Å². The predicted octanol–water partition coefficient (Wildman–Crippen LogP) is -2.66. The summed E-state index contributed by atoms with van der Waals surface area (Å²) in [4.78, 5) is 30.7. The van der Waals surface area contributed by atoms with Crippen molar-refractivity contribution in [2.45, 2.75) is 18.1 Å². The molecule has 2 atom stereocenters. The molecular weight excluding hydrogens is 224 g/mol. The van der Waals surface area contributed by atoms with Gasteiger partial charge in [0, 0.05) is 23.1 Å². The fourth-order valence-corrected chi connectivity index (χ4v) is 0.724. The summed E-state index contributed by atoms with van der Waals surface area (Å²) in [5.74, 6) is -5.87. The third kappa shape index (κ3) is 3.99. The molecule has 8 nitrogen and oxygen atoms in total. The van der Waals surface area contributed by atoms with Crippen molar-refractivity contribution in [2.75, 3.05) is 0 Å². The van der Waals surface area contributed by atoms with Crippen LogP contribution in [0.2, 0.25) is 0 Å². The Morgan fingerprint density at radius 1 is 1.13 bits per heavy atom. The van der Waals surface area contributed by atoms with Gasteiger partial charge in [0.25, 0.3) is 0 Å². The Hall–Kier alpha value is -0.904. The highest BCUT2D eigenvalue weighted by atomic mass is 24.3. The molecule has 2 radical (unpaired) electrons. The molecule has 9 heteroatoms. The number of aliphatic carboxylic acids is 3. The molecule has 0 rings (SSSR count). The van der Waals surface area contributed by atoms with Gasteiger partial charge in [-0.1, -0.05) is 0 Å². The van der Waals surface area contributed by atoms with Crippen LogP contribution in [0.25, 0.3) is 0 Å². The van der Waals surface area contributed by atoms with Crippen molar-refractivity contribution in [3.05, 3.63) is 0 Å². The molecule has 0 saturated heterocycles. The van der Waals surface area contributed by atoms with Gasteiger partial charge in [-0.2, -0.15) is 0 Å². The predicted molar refractivity (Wildman–Crippen MR) is 44.2 cm³/mol. The summed E-state index contributed by atoms with van der Waals surface area (Å²) in [5.41, 5.74) is -3.22. The van der Waals surface area contributed by atoms with E-state index in [4.69, 9.17) is 25.5 Å². The van der Waals surface area contributed by atoms with E-state index in [1.807, 2.05) is 0 Å². The first-order chi connectivity index (χ1) is 6.21. The minimum atomic E-state index is -3.22. The van der Waals surface area contributed by atoms with Crippen LogP contribution >= 0.6 is 0 Å². The Balaban J connectivity index is 0. The number of hydrogen-bond acceptors (Lipinski definition) is 5. The van der Waals surface area contributed by atoms with Crippen molar-refractivity contribution in [3.63, 3.8) is 0 Å². The van der Waals surface area contributed by atoms with Crippen molar-refractivity contribution >= 4 is 41.0 Å². The summed E-state index contributed by atoms with van der Waals surface area (Å²) >= 11 is 0.